The van der Waals surface area contributed by atoms with Gasteiger partial charge in [-0.2, -0.15) is 0 Å². The Kier molecular flexibility index (Phi) is 4.53. The highest BCUT2D eigenvalue weighted by molar-refractivity contribution is 6.47. The van der Waals surface area contributed by atoms with Gasteiger partial charge in [0.1, 0.15) is 5.82 Å². The van der Waals surface area contributed by atoms with Crippen molar-refractivity contribution in [3.05, 3.63) is 35.6 Å². The summed E-state index contributed by atoms with van der Waals surface area (Å²) in [5, 5.41) is 0. The van der Waals surface area contributed by atoms with E-state index in [-0.39, 0.29) is 43.0 Å². The second kappa shape index (κ2) is 5.98. The summed E-state index contributed by atoms with van der Waals surface area (Å²) in [6.07, 6.45) is 3.09. The van der Waals surface area contributed by atoms with Gasteiger partial charge in [-0.1, -0.05) is 26.0 Å². The molecule has 0 spiro atoms. The van der Waals surface area contributed by atoms with Gasteiger partial charge in [0.05, 0.1) is 11.7 Å². The van der Waals surface area contributed by atoms with Gasteiger partial charge >= 0.3 is 7.12 Å². The summed E-state index contributed by atoms with van der Waals surface area (Å²) in [5.74, 6) is 0.822. The van der Waals surface area contributed by atoms with Gasteiger partial charge in [0.2, 0.25) is 0 Å². The van der Waals surface area contributed by atoms with Crippen LogP contribution in [0.2, 0.25) is 0 Å². The number of hydrogen-bond donors (Lipinski definition) is 1. The highest BCUT2D eigenvalue weighted by Crippen LogP contribution is 2.65. The molecule has 0 radical (unpaired) electrons. The molecule has 3 nitrogen and oxygen atoms in total. The van der Waals surface area contributed by atoms with Crippen LogP contribution in [0.1, 0.15) is 39.2 Å². The molecule has 4 fully saturated rings. The van der Waals surface area contributed by atoms with E-state index < -0.39 is 0 Å². The van der Waals surface area contributed by atoms with E-state index in [1.54, 1.807) is 12.1 Å². The van der Waals surface area contributed by atoms with Crippen LogP contribution in [0.3, 0.4) is 0 Å². The lowest BCUT2D eigenvalue weighted by atomic mass is 9.43. The van der Waals surface area contributed by atoms with E-state index in [1.165, 1.54) is 18.6 Å². The fraction of sp³-hybridized carbons (Fsp3) is 0.667. The summed E-state index contributed by atoms with van der Waals surface area (Å²) in [6, 6.07) is 6.49. The standard InChI is InChI=1S/C18H25BFNO2.ClH/c1-17(2)12-9-14(17)18(3)15(10-12)22-19(23-18)16(21)8-11-4-6-13(20)7-5-11;/h4-7,12,14-16H,8-10,21H2,1-3H3;1H/t12-,14-,15+,16-,18-;/m1./s1. The van der Waals surface area contributed by atoms with Gasteiger partial charge in [-0.15, -0.1) is 12.4 Å². The Labute approximate surface area is 150 Å². The number of halogens is 2. The summed E-state index contributed by atoms with van der Waals surface area (Å²) in [7, 11) is -0.370. The molecular formula is C18H26BClFNO2. The molecule has 1 saturated heterocycles. The van der Waals surface area contributed by atoms with Crippen LogP contribution in [0, 0.1) is 23.1 Å². The van der Waals surface area contributed by atoms with Crippen LogP contribution in [0.25, 0.3) is 0 Å². The lowest BCUT2D eigenvalue weighted by molar-refractivity contribution is -0.199. The molecule has 6 heteroatoms. The first kappa shape index (κ1) is 18.2. The van der Waals surface area contributed by atoms with Crippen molar-refractivity contribution in [2.24, 2.45) is 23.0 Å². The average Bonchev–Trinajstić information content (AvgIpc) is 2.86. The molecule has 3 aliphatic carbocycles. The van der Waals surface area contributed by atoms with Crippen molar-refractivity contribution in [2.45, 2.75) is 57.7 Å². The number of hydrogen-bond acceptors (Lipinski definition) is 3. The van der Waals surface area contributed by atoms with E-state index in [4.69, 9.17) is 15.0 Å². The molecule has 24 heavy (non-hydrogen) atoms. The maximum atomic E-state index is 13.0. The second-order valence-electron chi connectivity index (χ2n) is 8.33. The third-order valence-electron chi connectivity index (χ3n) is 6.70. The first-order valence-electron chi connectivity index (χ1n) is 8.64. The quantitative estimate of drug-likeness (QED) is 0.847. The topological polar surface area (TPSA) is 44.5 Å². The Morgan fingerprint density at radius 2 is 1.92 bits per heavy atom. The van der Waals surface area contributed by atoms with E-state index in [0.717, 1.165) is 17.9 Å². The Balaban J connectivity index is 0.00000169. The largest absolute Gasteiger partial charge is 0.475 e. The third kappa shape index (κ3) is 2.61. The zero-order valence-electron chi connectivity index (χ0n) is 14.5. The van der Waals surface area contributed by atoms with Crippen molar-refractivity contribution in [3.63, 3.8) is 0 Å². The van der Waals surface area contributed by atoms with Crippen LogP contribution in [0.5, 0.6) is 0 Å². The summed E-state index contributed by atoms with van der Waals surface area (Å²) < 4.78 is 25.6. The molecule has 5 atom stereocenters. The molecule has 0 aromatic heterocycles. The van der Waals surface area contributed by atoms with Gasteiger partial charge in [-0.25, -0.2) is 4.39 Å². The molecule has 5 rings (SSSR count). The number of rotatable bonds is 3. The summed E-state index contributed by atoms with van der Waals surface area (Å²) >= 11 is 0. The molecule has 0 amide bonds. The highest BCUT2D eigenvalue weighted by atomic mass is 35.5. The maximum absolute atomic E-state index is 13.0. The van der Waals surface area contributed by atoms with Crippen molar-refractivity contribution in [2.75, 3.05) is 0 Å². The highest BCUT2D eigenvalue weighted by Gasteiger charge is 2.68. The second-order valence-corrected chi connectivity index (χ2v) is 8.33. The van der Waals surface area contributed by atoms with Crippen LogP contribution in [0.15, 0.2) is 24.3 Å². The molecule has 1 heterocycles. The lowest BCUT2D eigenvalue weighted by Crippen LogP contribution is -2.65. The van der Waals surface area contributed by atoms with Gasteiger partial charge in [-0.05, 0) is 61.1 Å². The molecule has 1 aromatic rings. The molecular weight excluding hydrogens is 327 g/mol. The van der Waals surface area contributed by atoms with Crippen molar-refractivity contribution < 1.29 is 13.7 Å². The van der Waals surface area contributed by atoms with E-state index in [1.807, 2.05) is 0 Å². The Hall–Kier alpha value is -0.615. The molecule has 1 aromatic carbocycles. The predicted molar refractivity (Wildman–Crippen MR) is 95.4 cm³/mol. The minimum Gasteiger partial charge on any atom is -0.404 e. The molecule has 3 saturated carbocycles. The summed E-state index contributed by atoms with van der Waals surface area (Å²) in [5.41, 5.74) is 7.47. The zero-order valence-corrected chi connectivity index (χ0v) is 15.3. The minimum absolute atomic E-state index is 0. The lowest BCUT2D eigenvalue weighted by Gasteiger charge is -2.64. The minimum atomic E-state index is -0.370. The van der Waals surface area contributed by atoms with Crippen LogP contribution < -0.4 is 5.73 Å². The molecule has 132 valence electrons. The fourth-order valence-corrected chi connectivity index (χ4v) is 5.07. The van der Waals surface area contributed by atoms with E-state index in [2.05, 4.69) is 20.8 Å². The first-order valence-corrected chi connectivity index (χ1v) is 8.64. The zero-order chi connectivity index (χ0) is 16.4. The number of nitrogens with two attached hydrogens (primary N) is 1. The van der Waals surface area contributed by atoms with Gasteiger partial charge in [-0.3, -0.25) is 0 Å². The Morgan fingerprint density at radius 3 is 2.54 bits per heavy atom. The van der Waals surface area contributed by atoms with E-state index >= 15 is 0 Å². The van der Waals surface area contributed by atoms with Crippen molar-refractivity contribution in [3.8, 4) is 0 Å². The molecule has 4 aliphatic rings. The molecule has 0 unspecified atom stereocenters. The first-order chi connectivity index (χ1) is 10.8. The maximum Gasteiger partial charge on any atom is 0.475 e. The Morgan fingerprint density at radius 1 is 1.25 bits per heavy atom. The van der Waals surface area contributed by atoms with Gasteiger partial charge in [0.25, 0.3) is 0 Å². The van der Waals surface area contributed by atoms with Gasteiger partial charge in [0.15, 0.2) is 0 Å². The molecule has 1 aliphatic heterocycles. The van der Waals surface area contributed by atoms with Crippen molar-refractivity contribution in [1.82, 2.24) is 0 Å². The number of benzene rings is 1. The average molecular weight is 354 g/mol. The summed E-state index contributed by atoms with van der Waals surface area (Å²) in [4.78, 5) is 0. The van der Waals surface area contributed by atoms with Crippen molar-refractivity contribution >= 4 is 19.5 Å². The van der Waals surface area contributed by atoms with Crippen LogP contribution in [-0.2, 0) is 15.7 Å². The smallest absolute Gasteiger partial charge is 0.404 e. The van der Waals surface area contributed by atoms with E-state index in [9.17, 15) is 4.39 Å². The van der Waals surface area contributed by atoms with Gasteiger partial charge in [0, 0.05) is 5.94 Å². The van der Waals surface area contributed by atoms with Crippen LogP contribution >= 0.6 is 12.4 Å². The van der Waals surface area contributed by atoms with Crippen LogP contribution in [0.4, 0.5) is 4.39 Å². The Bertz CT molecular complexity index is 614. The van der Waals surface area contributed by atoms with Crippen LogP contribution in [-0.4, -0.2) is 24.8 Å². The van der Waals surface area contributed by atoms with E-state index in [0.29, 0.717) is 17.8 Å². The molecule has 2 N–H and O–H groups in total. The predicted octanol–water partition coefficient (Wildman–Crippen LogP) is 3.38. The SMILES string of the molecule is CC1(C)[C@H]2C[C@@H]3OB([C@H](N)Cc4ccc(F)cc4)O[C@]3(C)[C@@H]1C2.Cl. The normalized spacial score (nSPS) is 37.2. The monoisotopic (exact) mass is 353 g/mol. The fourth-order valence-electron chi connectivity index (χ4n) is 5.07. The third-order valence-corrected chi connectivity index (χ3v) is 6.70. The summed E-state index contributed by atoms with van der Waals surface area (Å²) in [6.45, 7) is 6.90. The van der Waals surface area contributed by atoms with Crippen molar-refractivity contribution in [1.29, 1.82) is 0 Å². The molecule has 2 bridgehead atoms. The van der Waals surface area contributed by atoms with Gasteiger partial charge < -0.3 is 15.0 Å².